The van der Waals surface area contributed by atoms with Gasteiger partial charge >= 0.3 is 0 Å². The third kappa shape index (κ3) is 3.74. The molecular weight excluding hydrogens is 511 g/mol. The van der Waals surface area contributed by atoms with Crippen molar-refractivity contribution in [3.05, 3.63) is 68.7 Å². The van der Waals surface area contributed by atoms with Gasteiger partial charge in [0.1, 0.15) is 6.61 Å². The highest BCUT2D eigenvalue weighted by molar-refractivity contribution is 6.35. The number of rotatable bonds is 6. The average molecular weight is 532 g/mol. The summed E-state index contributed by atoms with van der Waals surface area (Å²) < 4.78 is 11.4. The molecule has 1 aliphatic heterocycles. The van der Waals surface area contributed by atoms with Gasteiger partial charge in [-0.3, -0.25) is 9.59 Å². The number of benzene rings is 2. The number of carbonyl (C=O) groups is 2. The van der Waals surface area contributed by atoms with E-state index in [1.54, 1.807) is 30.3 Å². The van der Waals surface area contributed by atoms with Gasteiger partial charge in [-0.25, -0.2) is 0 Å². The molecule has 0 aromatic heterocycles. The molecule has 2 amide bonds. The van der Waals surface area contributed by atoms with E-state index in [0.29, 0.717) is 44.0 Å². The molecule has 1 saturated heterocycles. The fourth-order valence-corrected chi connectivity index (χ4v) is 6.66. The molecule has 35 heavy (non-hydrogen) atoms. The molecule has 1 heterocycles. The van der Waals surface area contributed by atoms with Crippen molar-refractivity contribution in [1.82, 2.24) is 5.01 Å². The van der Waals surface area contributed by atoms with E-state index in [9.17, 15) is 9.59 Å². The van der Waals surface area contributed by atoms with Gasteiger partial charge in [0, 0.05) is 15.6 Å². The molecule has 0 unspecified atom stereocenters. The lowest BCUT2D eigenvalue weighted by atomic mass is 9.63. The Kier molecular flexibility index (Phi) is 5.59. The maximum Gasteiger partial charge on any atom is 0.254 e. The second-order valence-electron chi connectivity index (χ2n) is 9.45. The molecule has 7 rings (SSSR count). The molecule has 5 aliphatic rings. The van der Waals surface area contributed by atoms with Gasteiger partial charge in [-0.2, -0.15) is 10.1 Å². The Morgan fingerprint density at radius 1 is 1.00 bits per heavy atom. The zero-order valence-corrected chi connectivity index (χ0v) is 20.9. The van der Waals surface area contributed by atoms with Gasteiger partial charge in [-0.1, -0.05) is 53.0 Å². The summed E-state index contributed by atoms with van der Waals surface area (Å²) in [5.41, 5.74) is 1.32. The van der Waals surface area contributed by atoms with E-state index < -0.39 is 0 Å². The first-order valence-corrected chi connectivity index (χ1v) is 12.5. The Balaban J connectivity index is 1.21. The van der Waals surface area contributed by atoms with Crippen molar-refractivity contribution in [3.8, 4) is 11.5 Å². The molecule has 2 saturated carbocycles. The zero-order chi connectivity index (χ0) is 24.4. The number of hydrogen-bond donors (Lipinski definition) is 0. The summed E-state index contributed by atoms with van der Waals surface area (Å²) in [4.78, 5) is 26.2. The largest absolute Gasteiger partial charge is 0.493 e. The number of hydrazone groups is 1. The van der Waals surface area contributed by atoms with Crippen LogP contribution >= 0.6 is 34.8 Å². The first kappa shape index (κ1) is 22.9. The molecule has 0 radical (unpaired) electrons. The second-order valence-corrected chi connectivity index (χ2v) is 10.7. The number of halogens is 3. The summed E-state index contributed by atoms with van der Waals surface area (Å²) in [5.74, 6) is 1.16. The highest BCUT2D eigenvalue weighted by atomic mass is 35.5. The molecule has 6 atom stereocenters. The van der Waals surface area contributed by atoms with Crippen LogP contribution < -0.4 is 9.47 Å². The monoisotopic (exact) mass is 530 g/mol. The number of carbonyl (C=O) groups excluding carboxylic acids is 2. The van der Waals surface area contributed by atoms with E-state index in [-0.39, 0.29) is 42.1 Å². The van der Waals surface area contributed by atoms with Crippen molar-refractivity contribution in [2.45, 2.75) is 13.0 Å². The molecule has 180 valence electrons. The summed E-state index contributed by atoms with van der Waals surface area (Å²) in [6, 6.07) is 8.48. The SMILES string of the molecule is COc1cc(/C=N\N2C(=O)[C@@H]3[C@H]4C=C[C@@H]([C@@H]5C[C@H]45)[C@@H]3C2=O)cc(Cl)c1OCc1ccc(Cl)cc1Cl. The second kappa shape index (κ2) is 8.54. The van der Waals surface area contributed by atoms with Crippen LogP contribution in [0.2, 0.25) is 15.1 Å². The highest BCUT2D eigenvalue weighted by Crippen LogP contribution is 2.65. The van der Waals surface area contributed by atoms with E-state index in [1.165, 1.54) is 13.3 Å². The number of allylic oxidation sites excluding steroid dienone is 2. The third-order valence-electron chi connectivity index (χ3n) is 7.60. The molecule has 9 heteroatoms. The van der Waals surface area contributed by atoms with Crippen molar-refractivity contribution < 1.29 is 19.1 Å². The predicted molar refractivity (Wildman–Crippen MR) is 133 cm³/mol. The van der Waals surface area contributed by atoms with E-state index >= 15 is 0 Å². The van der Waals surface area contributed by atoms with Gasteiger partial charge in [0.15, 0.2) is 11.5 Å². The lowest BCUT2D eigenvalue weighted by Gasteiger charge is -2.37. The first-order valence-electron chi connectivity index (χ1n) is 11.4. The van der Waals surface area contributed by atoms with Crippen LogP contribution in [0, 0.1) is 35.5 Å². The fourth-order valence-electron chi connectivity index (χ4n) is 5.92. The Morgan fingerprint density at radius 2 is 1.69 bits per heavy atom. The minimum absolute atomic E-state index is 0.159. The smallest absolute Gasteiger partial charge is 0.254 e. The van der Waals surface area contributed by atoms with E-state index in [2.05, 4.69) is 17.3 Å². The molecule has 2 aromatic rings. The van der Waals surface area contributed by atoms with Crippen molar-refractivity contribution >= 4 is 52.8 Å². The van der Waals surface area contributed by atoms with Crippen LogP contribution in [0.4, 0.5) is 0 Å². The molecule has 2 aromatic carbocycles. The number of nitrogens with zero attached hydrogens (tertiary/aromatic N) is 2. The Bertz CT molecular complexity index is 1270. The van der Waals surface area contributed by atoms with Crippen LogP contribution in [0.15, 0.2) is 47.6 Å². The molecule has 2 bridgehead atoms. The highest BCUT2D eigenvalue weighted by Gasteiger charge is 2.67. The summed E-state index contributed by atoms with van der Waals surface area (Å²) in [7, 11) is 1.50. The number of imide groups is 1. The number of hydrogen-bond acceptors (Lipinski definition) is 5. The minimum Gasteiger partial charge on any atom is -0.493 e. The Morgan fingerprint density at radius 3 is 2.31 bits per heavy atom. The van der Waals surface area contributed by atoms with Gasteiger partial charge in [0.25, 0.3) is 11.8 Å². The van der Waals surface area contributed by atoms with E-state index in [0.717, 1.165) is 17.0 Å². The van der Waals surface area contributed by atoms with Crippen LogP contribution in [0.1, 0.15) is 17.5 Å². The topological polar surface area (TPSA) is 68.2 Å². The van der Waals surface area contributed by atoms with Crippen LogP contribution in [0.3, 0.4) is 0 Å². The number of amides is 2. The maximum atomic E-state index is 13.1. The van der Waals surface area contributed by atoms with Crippen LogP contribution in [0.25, 0.3) is 0 Å². The lowest BCUT2D eigenvalue weighted by Crippen LogP contribution is -2.40. The Hall–Kier alpha value is -2.54. The average Bonchev–Trinajstić information content (AvgIpc) is 3.62. The molecular formula is C26H21Cl3N2O4. The normalized spacial score (nSPS) is 30.1. The van der Waals surface area contributed by atoms with Gasteiger partial charge < -0.3 is 9.47 Å². The molecule has 0 spiro atoms. The van der Waals surface area contributed by atoms with Gasteiger partial charge in [-0.15, -0.1) is 0 Å². The maximum absolute atomic E-state index is 13.1. The zero-order valence-electron chi connectivity index (χ0n) is 18.7. The summed E-state index contributed by atoms with van der Waals surface area (Å²) in [5, 5.41) is 6.63. The lowest BCUT2D eigenvalue weighted by molar-refractivity contribution is -0.140. The molecule has 0 N–H and O–H groups in total. The van der Waals surface area contributed by atoms with Crippen LogP contribution in [0.5, 0.6) is 11.5 Å². The van der Waals surface area contributed by atoms with Crippen LogP contribution in [-0.2, 0) is 16.2 Å². The summed E-state index contributed by atoms with van der Waals surface area (Å²) in [6.07, 6.45) is 6.85. The van der Waals surface area contributed by atoms with E-state index in [1.807, 2.05) is 0 Å². The summed E-state index contributed by atoms with van der Waals surface area (Å²) in [6.45, 7) is 0.164. The van der Waals surface area contributed by atoms with E-state index in [4.69, 9.17) is 44.3 Å². The minimum atomic E-state index is -0.285. The van der Waals surface area contributed by atoms with Gasteiger partial charge in [-0.05, 0) is 59.9 Å². The standard InChI is InChI=1S/C26H21Cl3N2O4/c1-34-21-7-12(6-20(29)24(21)35-11-13-2-3-14(27)8-19(13)28)10-30-31-25(32)22-15-4-5-16(18-9-17(15)18)23(22)26(31)33/h2-8,10,15-18,22-23H,9,11H2,1H3/b30-10-/t15-,16-,17-,18+,22-,23+/m0/s1. The molecule has 4 aliphatic carbocycles. The Labute approximate surface area is 217 Å². The predicted octanol–water partition coefficient (Wildman–Crippen LogP) is 5.62. The molecule has 3 fully saturated rings. The van der Waals surface area contributed by atoms with Crippen molar-refractivity contribution in [2.75, 3.05) is 7.11 Å². The van der Waals surface area contributed by atoms with Crippen molar-refractivity contribution in [1.29, 1.82) is 0 Å². The van der Waals surface area contributed by atoms with Gasteiger partial charge in [0.05, 0.1) is 30.2 Å². The van der Waals surface area contributed by atoms with Gasteiger partial charge in [0.2, 0.25) is 0 Å². The number of methoxy groups -OCH3 is 1. The van der Waals surface area contributed by atoms with Crippen molar-refractivity contribution in [2.24, 2.45) is 40.6 Å². The number of ether oxygens (including phenoxy) is 2. The first-order chi connectivity index (χ1) is 16.9. The van der Waals surface area contributed by atoms with Crippen LogP contribution in [-0.4, -0.2) is 30.1 Å². The molecule has 6 nitrogen and oxygen atoms in total. The third-order valence-corrected chi connectivity index (χ3v) is 8.47. The van der Waals surface area contributed by atoms with Crippen molar-refractivity contribution in [3.63, 3.8) is 0 Å². The summed E-state index contributed by atoms with van der Waals surface area (Å²) >= 11 is 18.7. The quantitative estimate of drug-likeness (QED) is 0.276. The fraction of sp³-hybridized carbons (Fsp3) is 0.346.